The summed E-state index contributed by atoms with van der Waals surface area (Å²) in [5.41, 5.74) is 8.48. The van der Waals surface area contributed by atoms with Crippen molar-refractivity contribution in [2.75, 3.05) is 25.9 Å². The topological polar surface area (TPSA) is 92.5 Å². The number of hydrogen-bond donors (Lipinski definition) is 2. The van der Waals surface area contributed by atoms with E-state index in [0.29, 0.717) is 25.1 Å². The fraction of sp³-hybridized carbons (Fsp3) is 0.316. The van der Waals surface area contributed by atoms with Gasteiger partial charge in [0.1, 0.15) is 0 Å². The summed E-state index contributed by atoms with van der Waals surface area (Å²) >= 11 is 0. The summed E-state index contributed by atoms with van der Waals surface area (Å²) in [7, 11) is -1.90. The van der Waals surface area contributed by atoms with E-state index in [2.05, 4.69) is 4.72 Å². The van der Waals surface area contributed by atoms with Crippen LogP contribution in [0.2, 0.25) is 0 Å². The number of nitrogens with one attached hydrogen (secondary N) is 1. The Labute approximate surface area is 167 Å². The quantitative estimate of drug-likeness (QED) is 0.652. The predicted molar refractivity (Wildman–Crippen MR) is 110 cm³/mol. The summed E-state index contributed by atoms with van der Waals surface area (Å²) in [5, 5.41) is 0. The fourth-order valence-corrected chi connectivity index (χ4v) is 3.49. The van der Waals surface area contributed by atoms with Crippen molar-refractivity contribution < 1.29 is 13.2 Å². The summed E-state index contributed by atoms with van der Waals surface area (Å²) in [6, 6.07) is 14.1. The number of nitrogens with two attached hydrogens (primary N) is 1. The molecule has 148 valence electrons. The molecule has 0 saturated carbocycles. The normalized spacial score (nSPS) is 10.9. The van der Waals surface area contributed by atoms with Gasteiger partial charge in [0.25, 0.3) is 0 Å². The van der Waals surface area contributed by atoms with Gasteiger partial charge in [-0.25, -0.2) is 13.1 Å². The average molecular weight is 412 g/mol. The molecule has 0 aliphatic carbocycles. The van der Waals surface area contributed by atoms with Crippen LogP contribution >= 0.6 is 12.4 Å². The second kappa shape index (κ2) is 10.3. The van der Waals surface area contributed by atoms with Gasteiger partial charge in [0.05, 0.1) is 4.90 Å². The van der Waals surface area contributed by atoms with E-state index < -0.39 is 10.0 Å². The van der Waals surface area contributed by atoms with E-state index in [1.54, 1.807) is 31.3 Å². The van der Waals surface area contributed by atoms with Crippen molar-refractivity contribution in [3.05, 3.63) is 59.7 Å². The maximum absolute atomic E-state index is 12.2. The number of para-hydroxylation sites is 1. The van der Waals surface area contributed by atoms with E-state index in [1.807, 2.05) is 31.2 Å². The first-order chi connectivity index (χ1) is 12.3. The van der Waals surface area contributed by atoms with Crippen LogP contribution < -0.4 is 10.5 Å². The molecule has 2 rings (SSSR count). The third kappa shape index (κ3) is 6.86. The highest BCUT2D eigenvalue weighted by Crippen LogP contribution is 2.13. The van der Waals surface area contributed by atoms with Crippen molar-refractivity contribution >= 4 is 34.0 Å². The number of carbonyl (C=O) groups is 1. The van der Waals surface area contributed by atoms with Crippen LogP contribution in [0, 0.1) is 6.92 Å². The fourth-order valence-electron chi connectivity index (χ4n) is 2.47. The molecule has 1 amide bonds. The molecule has 0 aliphatic heterocycles. The number of benzene rings is 2. The SMILES string of the molecule is Cc1ccc(S(=O)(=O)NCCN(C)C(=O)CCc2ccccc2N)cc1.Cl. The van der Waals surface area contributed by atoms with Crippen LogP contribution in [0.5, 0.6) is 0 Å². The van der Waals surface area contributed by atoms with Gasteiger partial charge in [-0.2, -0.15) is 0 Å². The summed E-state index contributed by atoms with van der Waals surface area (Å²) in [4.78, 5) is 13.9. The number of likely N-dealkylation sites (N-methyl/N-ethyl adjacent to an activating group) is 1. The van der Waals surface area contributed by atoms with E-state index in [4.69, 9.17) is 5.73 Å². The van der Waals surface area contributed by atoms with Crippen molar-refractivity contribution in [2.24, 2.45) is 0 Å². The van der Waals surface area contributed by atoms with E-state index in [-0.39, 0.29) is 29.8 Å². The van der Waals surface area contributed by atoms with Crippen LogP contribution in [0.1, 0.15) is 17.5 Å². The molecule has 27 heavy (non-hydrogen) atoms. The van der Waals surface area contributed by atoms with E-state index in [1.165, 1.54) is 4.90 Å². The first-order valence-electron chi connectivity index (χ1n) is 8.43. The minimum Gasteiger partial charge on any atom is -0.399 e. The molecule has 3 N–H and O–H groups in total. The van der Waals surface area contributed by atoms with E-state index in [0.717, 1.165) is 11.1 Å². The smallest absolute Gasteiger partial charge is 0.240 e. The van der Waals surface area contributed by atoms with Gasteiger partial charge in [-0.05, 0) is 37.1 Å². The third-order valence-corrected chi connectivity index (χ3v) is 5.64. The van der Waals surface area contributed by atoms with Crippen LogP contribution in [0.4, 0.5) is 5.69 Å². The molecule has 0 saturated heterocycles. The molecule has 0 spiro atoms. The number of sulfonamides is 1. The largest absolute Gasteiger partial charge is 0.399 e. The minimum atomic E-state index is -3.56. The number of hydrogen-bond acceptors (Lipinski definition) is 4. The standard InChI is InChI=1S/C19H25N3O3S.ClH/c1-15-7-10-17(11-8-15)26(24,25)21-13-14-22(2)19(23)12-9-16-5-3-4-6-18(16)20;/h3-8,10-11,21H,9,12-14,20H2,1-2H3;1H. The van der Waals surface area contributed by atoms with Crippen molar-refractivity contribution in [2.45, 2.75) is 24.7 Å². The molecule has 0 radical (unpaired) electrons. The molecule has 2 aromatic rings. The Balaban J connectivity index is 0.00000364. The number of carbonyl (C=O) groups excluding carboxylic acids is 1. The predicted octanol–water partition coefficient (Wildman–Crippen LogP) is 2.37. The maximum Gasteiger partial charge on any atom is 0.240 e. The molecule has 0 aliphatic rings. The van der Waals surface area contributed by atoms with Crippen LogP contribution in [0.15, 0.2) is 53.4 Å². The summed E-state index contributed by atoms with van der Waals surface area (Å²) in [5.74, 6) is -0.0530. The van der Waals surface area contributed by atoms with Crippen molar-refractivity contribution in [1.29, 1.82) is 0 Å². The molecule has 6 nitrogen and oxygen atoms in total. The zero-order valence-electron chi connectivity index (χ0n) is 15.5. The lowest BCUT2D eigenvalue weighted by atomic mass is 10.1. The Morgan fingerprint density at radius 2 is 1.74 bits per heavy atom. The van der Waals surface area contributed by atoms with Gasteiger partial charge in [0, 0.05) is 32.2 Å². The van der Waals surface area contributed by atoms with Crippen LogP contribution in [-0.2, 0) is 21.2 Å². The number of nitrogens with zero attached hydrogens (tertiary/aromatic N) is 1. The molecule has 0 atom stereocenters. The lowest BCUT2D eigenvalue weighted by molar-refractivity contribution is -0.129. The molecule has 8 heteroatoms. The molecule has 0 unspecified atom stereocenters. The average Bonchev–Trinajstić information content (AvgIpc) is 2.61. The molecule has 0 bridgehead atoms. The second-order valence-electron chi connectivity index (χ2n) is 6.22. The van der Waals surface area contributed by atoms with Crippen LogP contribution in [-0.4, -0.2) is 39.4 Å². The molecule has 0 heterocycles. The molecule has 0 fully saturated rings. The molecule has 0 aromatic heterocycles. The van der Waals surface area contributed by atoms with Crippen molar-refractivity contribution in [1.82, 2.24) is 9.62 Å². The number of anilines is 1. The summed E-state index contributed by atoms with van der Waals surface area (Å²) in [6.45, 7) is 2.35. The van der Waals surface area contributed by atoms with Gasteiger partial charge in [0.2, 0.25) is 15.9 Å². The first-order valence-corrected chi connectivity index (χ1v) is 9.91. The van der Waals surface area contributed by atoms with Gasteiger partial charge >= 0.3 is 0 Å². The maximum atomic E-state index is 12.2. The molecular formula is C19H26ClN3O3S. The molecular weight excluding hydrogens is 386 g/mol. The van der Waals surface area contributed by atoms with E-state index >= 15 is 0 Å². The molecule has 2 aromatic carbocycles. The first kappa shape index (κ1) is 23.0. The zero-order valence-corrected chi connectivity index (χ0v) is 17.1. The number of halogens is 1. The van der Waals surface area contributed by atoms with Gasteiger partial charge < -0.3 is 10.6 Å². The number of rotatable bonds is 8. The monoisotopic (exact) mass is 411 g/mol. The Morgan fingerprint density at radius 3 is 2.37 bits per heavy atom. The van der Waals surface area contributed by atoms with Gasteiger partial charge in [-0.15, -0.1) is 12.4 Å². The lowest BCUT2D eigenvalue weighted by Gasteiger charge is -2.18. The Morgan fingerprint density at radius 1 is 1.11 bits per heavy atom. The van der Waals surface area contributed by atoms with Crippen LogP contribution in [0.3, 0.4) is 0 Å². The van der Waals surface area contributed by atoms with E-state index in [9.17, 15) is 13.2 Å². The summed E-state index contributed by atoms with van der Waals surface area (Å²) < 4.78 is 27.0. The Bertz CT molecular complexity index is 855. The Hall–Kier alpha value is -2.09. The highest BCUT2D eigenvalue weighted by molar-refractivity contribution is 7.89. The van der Waals surface area contributed by atoms with Gasteiger partial charge in [0.15, 0.2) is 0 Å². The van der Waals surface area contributed by atoms with Crippen LogP contribution in [0.25, 0.3) is 0 Å². The third-order valence-electron chi connectivity index (χ3n) is 4.16. The van der Waals surface area contributed by atoms with Gasteiger partial charge in [-0.1, -0.05) is 35.9 Å². The van der Waals surface area contributed by atoms with Gasteiger partial charge in [-0.3, -0.25) is 4.79 Å². The zero-order chi connectivity index (χ0) is 19.2. The second-order valence-corrected chi connectivity index (χ2v) is 7.99. The van der Waals surface area contributed by atoms with Crippen molar-refractivity contribution in [3.8, 4) is 0 Å². The van der Waals surface area contributed by atoms with Crippen molar-refractivity contribution in [3.63, 3.8) is 0 Å². The number of amides is 1. The Kier molecular flexibility index (Phi) is 8.75. The number of nitrogen functional groups attached to an aromatic ring is 1. The highest BCUT2D eigenvalue weighted by Gasteiger charge is 2.15. The minimum absolute atomic E-state index is 0. The highest BCUT2D eigenvalue weighted by atomic mass is 35.5. The number of aryl methyl sites for hydroxylation is 2. The lowest BCUT2D eigenvalue weighted by Crippen LogP contribution is -2.36. The summed E-state index contributed by atoms with van der Waals surface area (Å²) in [6.07, 6.45) is 0.889.